The van der Waals surface area contributed by atoms with E-state index in [1.54, 1.807) is 6.92 Å². The smallest absolute Gasteiger partial charge is 0.284 e. The molecule has 0 saturated heterocycles. The fraction of sp³-hybridized carbons (Fsp3) is 0.778. The summed E-state index contributed by atoms with van der Waals surface area (Å²) in [6.07, 6.45) is -1.03. The third-order valence-corrected chi connectivity index (χ3v) is 1.71. The van der Waals surface area contributed by atoms with E-state index in [1.165, 1.54) is 5.92 Å². The molecular weight excluding hydrogens is 200 g/mol. The minimum Gasteiger partial charge on any atom is -0.352 e. The summed E-state index contributed by atoms with van der Waals surface area (Å²) >= 11 is 0. The highest BCUT2D eigenvalue weighted by molar-refractivity contribution is 5.12. The van der Waals surface area contributed by atoms with E-state index in [0.29, 0.717) is 12.8 Å². The Morgan fingerprint density at radius 3 is 2.07 bits per heavy atom. The summed E-state index contributed by atoms with van der Waals surface area (Å²) in [4.78, 5) is 0. The Hall–Kier alpha value is -0.760. The summed E-state index contributed by atoms with van der Waals surface area (Å²) in [6.45, 7) is 1.60. The Bertz CT molecular complexity index is 189. The molecular formula is C9H12F4O. The predicted octanol–water partition coefficient (Wildman–Crippen LogP) is 2.71. The van der Waals surface area contributed by atoms with Crippen molar-refractivity contribution < 1.29 is 22.3 Å². The van der Waals surface area contributed by atoms with Gasteiger partial charge >= 0.3 is 0 Å². The molecule has 0 aliphatic heterocycles. The number of hydrogen-bond acceptors (Lipinski definition) is 1. The van der Waals surface area contributed by atoms with Crippen LogP contribution in [0.3, 0.4) is 0 Å². The van der Waals surface area contributed by atoms with Crippen LogP contribution in [0.1, 0.15) is 19.8 Å². The van der Waals surface area contributed by atoms with Crippen molar-refractivity contribution in [2.45, 2.75) is 38.2 Å². The molecule has 0 N–H and O–H groups in total. The van der Waals surface area contributed by atoms with Crippen LogP contribution < -0.4 is 0 Å². The summed E-state index contributed by atoms with van der Waals surface area (Å²) in [5, 5.41) is 0. The van der Waals surface area contributed by atoms with Crippen LogP contribution in [0.15, 0.2) is 0 Å². The maximum atomic E-state index is 12.3. The van der Waals surface area contributed by atoms with Crippen molar-refractivity contribution in [1.82, 2.24) is 0 Å². The van der Waals surface area contributed by atoms with Gasteiger partial charge < -0.3 is 4.74 Å². The first-order chi connectivity index (χ1) is 6.51. The molecule has 0 fully saturated rings. The highest BCUT2D eigenvalue weighted by Gasteiger charge is 2.48. The van der Waals surface area contributed by atoms with Crippen molar-refractivity contribution >= 4 is 0 Å². The molecule has 5 heteroatoms. The van der Waals surface area contributed by atoms with Crippen molar-refractivity contribution in [2.75, 3.05) is 6.61 Å². The number of alkyl halides is 4. The van der Waals surface area contributed by atoms with Crippen LogP contribution in [0.5, 0.6) is 0 Å². The van der Waals surface area contributed by atoms with E-state index in [4.69, 9.17) is 0 Å². The molecule has 1 nitrogen and oxygen atoms in total. The Morgan fingerprint density at radius 1 is 1.29 bits per heavy atom. The van der Waals surface area contributed by atoms with Crippen LogP contribution in [-0.2, 0) is 4.74 Å². The van der Waals surface area contributed by atoms with Gasteiger partial charge in [0.1, 0.15) is 0 Å². The van der Waals surface area contributed by atoms with Crippen LogP contribution in [0.25, 0.3) is 0 Å². The van der Waals surface area contributed by atoms with E-state index in [2.05, 4.69) is 11.2 Å². The van der Waals surface area contributed by atoms with Gasteiger partial charge in [-0.1, -0.05) is 19.3 Å². The number of rotatable bonds is 6. The van der Waals surface area contributed by atoms with Gasteiger partial charge in [0.2, 0.25) is 5.60 Å². The average molecular weight is 212 g/mol. The molecule has 0 aromatic heterocycles. The minimum absolute atomic E-state index is 0.185. The lowest BCUT2D eigenvalue weighted by molar-refractivity contribution is -0.173. The molecule has 0 aromatic rings. The zero-order valence-electron chi connectivity index (χ0n) is 7.77. The zero-order valence-corrected chi connectivity index (χ0v) is 7.77. The lowest BCUT2D eigenvalue weighted by Gasteiger charge is -2.26. The van der Waals surface area contributed by atoms with Gasteiger partial charge in [-0.3, -0.25) is 0 Å². The lowest BCUT2D eigenvalue weighted by atomic mass is 10.1. The second kappa shape index (κ2) is 5.86. The molecule has 0 aliphatic rings. The molecule has 0 heterocycles. The SMILES string of the molecule is C#CC(OCCCC)(C(F)F)C(F)F. The Balaban J connectivity index is 4.46. The molecule has 0 rings (SSSR count). The Labute approximate surface area is 80.4 Å². The molecule has 82 valence electrons. The van der Waals surface area contributed by atoms with Gasteiger partial charge in [0.25, 0.3) is 12.9 Å². The third kappa shape index (κ3) is 2.88. The van der Waals surface area contributed by atoms with Gasteiger partial charge in [-0.05, 0) is 6.42 Å². The summed E-state index contributed by atoms with van der Waals surface area (Å²) in [5.74, 6) is 1.35. The predicted molar refractivity (Wildman–Crippen MR) is 44.4 cm³/mol. The van der Waals surface area contributed by atoms with Gasteiger partial charge in [-0.25, -0.2) is 17.6 Å². The standard InChI is InChI=1S/C9H12F4O/c1-3-5-6-14-9(4-2,7(10)11)8(12)13/h2,7-8H,3,5-6H2,1H3. The lowest BCUT2D eigenvalue weighted by Crippen LogP contribution is -2.46. The van der Waals surface area contributed by atoms with Crippen LogP contribution >= 0.6 is 0 Å². The molecule has 0 atom stereocenters. The fourth-order valence-electron chi connectivity index (χ4n) is 0.774. The second-order valence-electron chi connectivity index (χ2n) is 2.74. The molecule has 0 bridgehead atoms. The molecule has 0 amide bonds. The van der Waals surface area contributed by atoms with Gasteiger partial charge in [0, 0.05) is 6.61 Å². The van der Waals surface area contributed by atoms with Gasteiger partial charge in [-0.15, -0.1) is 6.42 Å². The minimum atomic E-state index is -3.38. The number of terminal acetylenes is 1. The Kier molecular flexibility index (Phi) is 5.55. The van der Waals surface area contributed by atoms with Crippen molar-refractivity contribution in [3.8, 4) is 12.3 Å². The summed E-state index contributed by atoms with van der Waals surface area (Å²) in [5.41, 5.74) is -3.05. The van der Waals surface area contributed by atoms with Gasteiger partial charge in [0.05, 0.1) is 0 Å². The first-order valence-corrected chi connectivity index (χ1v) is 4.19. The average Bonchev–Trinajstić information content (AvgIpc) is 2.11. The quantitative estimate of drug-likeness (QED) is 0.373. The molecule has 0 saturated carbocycles. The third-order valence-electron chi connectivity index (χ3n) is 1.71. The summed E-state index contributed by atoms with van der Waals surface area (Å²) in [6, 6.07) is 0. The summed E-state index contributed by atoms with van der Waals surface area (Å²) in [7, 11) is 0. The van der Waals surface area contributed by atoms with Gasteiger partial charge in [0.15, 0.2) is 0 Å². The van der Waals surface area contributed by atoms with E-state index >= 15 is 0 Å². The van der Waals surface area contributed by atoms with E-state index in [1.807, 2.05) is 0 Å². The zero-order chi connectivity index (χ0) is 11.2. The van der Waals surface area contributed by atoms with Gasteiger partial charge in [-0.2, -0.15) is 0 Å². The first-order valence-electron chi connectivity index (χ1n) is 4.19. The van der Waals surface area contributed by atoms with Crippen LogP contribution in [0.2, 0.25) is 0 Å². The number of ether oxygens (including phenoxy) is 1. The topological polar surface area (TPSA) is 9.23 Å². The second-order valence-corrected chi connectivity index (χ2v) is 2.74. The van der Waals surface area contributed by atoms with Crippen LogP contribution in [0.4, 0.5) is 17.6 Å². The van der Waals surface area contributed by atoms with Crippen molar-refractivity contribution in [3.05, 3.63) is 0 Å². The molecule has 14 heavy (non-hydrogen) atoms. The largest absolute Gasteiger partial charge is 0.352 e. The van der Waals surface area contributed by atoms with E-state index < -0.39 is 18.5 Å². The molecule has 0 aliphatic carbocycles. The number of halogens is 4. The number of hydrogen-bond donors (Lipinski definition) is 0. The van der Waals surface area contributed by atoms with Crippen LogP contribution in [0, 0.1) is 12.3 Å². The van der Waals surface area contributed by atoms with Crippen molar-refractivity contribution in [3.63, 3.8) is 0 Å². The monoisotopic (exact) mass is 212 g/mol. The molecule has 0 spiro atoms. The normalized spacial score (nSPS) is 12.1. The highest BCUT2D eigenvalue weighted by atomic mass is 19.3. The van der Waals surface area contributed by atoms with Crippen LogP contribution in [-0.4, -0.2) is 25.1 Å². The summed E-state index contributed by atoms with van der Waals surface area (Å²) < 4.78 is 53.5. The van der Waals surface area contributed by atoms with E-state index in [9.17, 15) is 17.6 Å². The Morgan fingerprint density at radius 2 is 1.79 bits per heavy atom. The molecule has 0 unspecified atom stereocenters. The van der Waals surface area contributed by atoms with E-state index in [0.717, 1.165) is 0 Å². The molecule has 0 aromatic carbocycles. The first kappa shape index (κ1) is 13.2. The highest BCUT2D eigenvalue weighted by Crippen LogP contribution is 2.27. The van der Waals surface area contributed by atoms with Crippen molar-refractivity contribution in [2.24, 2.45) is 0 Å². The fourth-order valence-corrected chi connectivity index (χ4v) is 0.774. The number of unbranched alkanes of at least 4 members (excludes halogenated alkanes) is 1. The molecule has 0 radical (unpaired) electrons. The maximum Gasteiger partial charge on any atom is 0.284 e. The maximum absolute atomic E-state index is 12.3. The van der Waals surface area contributed by atoms with E-state index in [-0.39, 0.29) is 6.61 Å². The van der Waals surface area contributed by atoms with Crippen molar-refractivity contribution in [1.29, 1.82) is 0 Å².